The lowest BCUT2D eigenvalue weighted by atomic mass is 9.98. The van der Waals surface area contributed by atoms with E-state index in [9.17, 15) is 18.0 Å². The number of esters is 1. The largest absolute Gasteiger partial charge is 0.464 e. The lowest BCUT2D eigenvalue weighted by molar-refractivity contribution is -0.145. The second-order valence-corrected chi connectivity index (χ2v) is 9.35. The number of carbonyl (C=O) groups is 2. The van der Waals surface area contributed by atoms with Gasteiger partial charge in [-0.1, -0.05) is 29.8 Å². The Morgan fingerprint density at radius 2 is 1.70 bits per heavy atom. The molecule has 0 spiro atoms. The molecule has 6 nitrogen and oxygen atoms in total. The molecule has 3 rings (SSSR count). The topological polar surface area (TPSA) is 80.5 Å². The van der Waals surface area contributed by atoms with Gasteiger partial charge in [-0.05, 0) is 60.7 Å². The third-order valence-corrected chi connectivity index (χ3v) is 7.01. The summed E-state index contributed by atoms with van der Waals surface area (Å²) >= 11 is 2.10. The Kier molecular flexibility index (Phi) is 5.42. The zero-order chi connectivity index (χ0) is 19.8. The average molecular weight is 499 g/mol. The first-order valence-electron chi connectivity index (χ1n) is 8.30. The highest BCUT2D eigenvalue weighted by Gasteiger charge is 2.70. The summed E-state index contributed by atoms with van der Waals surface area (Å²) in [7, 11) is -4.00. The monoisotopic (exact) mass is 499 g/mol. The van der Waals surface area contributed by atoms with Gasteiger partial charge in [0.1, 0.15) is 0 Å². The van der Waals surface area contributed by atoms with E-state index < -0.39 is 27.3 Å². The Hall–Kier alpha value is -1.78. The number of hydrogen-bond acceptors (Lipinski definition) is 5. The van der Waals surface area contributed by atoms with Crippen molar-refractivity contribution in [3.8, 4) is 0 Å². The summed E-state index contributed by atoms with van der Waals surface area (Å²) in [6.45, 7) is 3.28. The van der Waals surface area contributed by atoms with E-state index in [0.29, 0.717) is 0 Å². The molecule has 0 aliphatic carbocycles. The summed E-state index contributed by atoms with van der Waals surface area (Å²) in [5.41, 5.74) is -0.663. The maximum atomic E-state index is 13.1. The zero-order valence-corrected chi connectivity index (χ0v) is 17.8. The summed E-state index contributed by atoms with van der Waals surface area (Å²) in [5.74, 6) is -1.42. The molecule has 0 saturated carbocycles. The van der Waals surface area contributed by atoms with Crippen LogP contribution in [0, 0.1) is 10.5 Å². The lowest BCUT2D eigenvalue weighted by Crippen LogP contribution is -2.41. The zero-order valence-electron chi connectivity index (χ0n) is 14.8. The van der Waals surface area contributed by atoms with Crippen LogP contribution in [-0.2, 0) is 19.6 Å². The van der Waals surface area contributed by atoms with Crippen molar-refractivity contribution >= 4 is 44.4 Å². The van der Waals surface area contributed by atoms with Crippen molar-refractivity contribution in [2.45, 2.75) is 24.3 Å². The van der Waals surface area contributed by atoms with Gasteiger partial charge >= 0.3 is 5.97 Å². The molecule has 0 radical (unpaired) electrons. The molecular weight excluding hydrogens is 481 g/mol. The molecule has 1 heterocycles. The van der Waals surface area contributed by atoms with Crippen molar-refractivity contribution < 1.29 is 22.7 Å². The summed E-state index contributed by atoms with van der Waals surface area (Å²) in [6.07, 6.45) is 0. The number of hydrogen-bond donors (Lipinski definition) is 0. The van der Waals surface area contributed by atoms with E-state index in [1.54, 1.807) is 43.3 Å². The first-order chi connectivity index (χ1) is 12.7. The van der Waals surface area contributed by atoms with E-state index >= 15 is 0 Å². The van der Waals surface area contributed by atoms with Crippen LogP contribution in [0.4, 0.5) is 0 Å². The Morgan fingerprint density at radius 1 is 1.11 bits per heavy atom. The highest BCUT2D eigenvalue weighted by molar-refractivity contribution is 14.1. The highest BCUT2D eigenvalue weighted by atomic mass is 127. The van der Waals surface area contributed by atoms with E-state index in [1.807, 2.05) is 6.92 Å². The Labute approximate surface area is 171 Å². The minimum Gasteiger partial charge on any atom is -0.464 e. The van der Waals surface area contributed by atoms with Crippen LogP contribution >= 0.6 is 22.6 Å². The molecule has 1 aliphatic rings. The SMILES string of the molecule is CCOC(=O)C1(C(=O)c2ccc(I)cc2)CN1S(=O)(=O)c1ccc(C)cc1. The van der Waals surface area contributed by atoms with Gasteiger partial charge in [0.15, 0.2) is 5.78 Å². The first kappa shape index (κ1) is 20.0. The Bertz CT molecular complexity index is 986. The van der Waals surface area contributed by atoms with Crippen LogP contribution in [0.5, 0.6) is 0 Å². The van der Waals surface area contributed by atoms with Gasteiger partial charge in [-0.15, -0.1) is 0 Å². The molecule has 0 aromatic heterocycles. The molecule has 0 amide bonds. The minimum absolute atomic E-state index is 0.0367. The van der Waals surface area contributed by atoms with Crippen LogP contribution in [0.2, 0.25) is 0 Å². The van der Waals surface area contributed by atoms with Crippen molar-refractivity contribution in [1.29, 1.82) is 0 Å². The van der Waals surface area contributed by atoms with Gasteiger partial charge in [-0.3, -0.25) is 4.79 Å². The van der Waals surface area contributed by atoms with E-state index in [2.05, 4.69) is 22.6 Å². The molecule has 1 fully saturated rings. The molecule has 27 heavy (non-hydrogen) atoms. The van der Waals surface area contributed by atoms with E-state index in [4.69, 9.17) is 4.74 Å². The highest BCUT2D eigenvalue weighted by Crippen LogP contribution is 2.42. The normalized spacial score (nSPS) is 21.5. The van der Waals surface area contributed by atoms with Crippen molar-refractivity contribution in [1.82, 2.24) is 4.31 Å². The first-order valence-corrected chi connectivity index (χ1v) is 10.8. The smallest absolute Gasteiger partial charge is 0.337 e. The number of halogens is 1. The minimum atomic E-state index is -4.00. The van der Waals surface area contributed by atoms with Gasteiger partial charge in [0, 0.05) is 9.13 Å². The number of ketones is 1. The van der Waals surface area contributed by atoms with Gasteiger partial charge in [0.2, 0.25) is 15.6 Å². The summed E-state index contributed by atoms with van der Waals surface area (Å²) in [6, 6.07) is 12.9. The van der Waals surface area contributed by atoms with Crippen molar-refractivity contribution in [3.63, 3.8) is 0 Å². The second-order valence-electron chi connectivity index (χ2n) is 6.24. The molecule has 0 bridgehead atoms. The van der Waals surface area contributed by atoms with Gasteiger partial charge in [0.25, 0.3) is 0 Å². The summed E-state index contributed by atoms with van der Waals surface area (Å²) in [4.78, 5) is 25.7. The fourth-order valence-corrected chi connectivity index (χ4v) is 4.85. The molecule has 1 saturated heterocycles. The number of Topliss-reactive ketones (excluding diaryl/α,β-unsaturated/α-hetero) is 1. The van der Waals surface area contributed by atoms with E-state index in [1.165, 1.54) is 12.1 Å². The maximum absolute atomic E-state index is 13.1. The number of sulfonamides is 1. The number of rotatable bonds is 6. The fraction of sp³-hybridized carbons (Fsp3) is 0.263. The standard InChI is InChI=1S/C19H18INO5S/c1-3-26-18(23)19(17(22)14-6-8-15(20)9-7-14)12-21(19)27(24,25)16-10-4-13(2)5-11-16/h4-11H,3,12H2,1-2H3. The van der Waals surface area contributed by atoms with Crippen molar-refractivity contribution in [3.05, 3.63) is 63.2 Å². The Morgan fingerprint density at radius 3 is 2.26 bits per heavy atom. The Balaban J connectivity index is 2.01. The maximum Gasteiger partial charge on any atom is 0.337 e. The van der Waals surface area contributed by atoms with Crippen LogP contribution < -0.4 is 0 Å². The van der Waals surface area contributed by atoms with Gasteiger partial charge in [0.05, 0.1) is 18.0 Å². The fourth-order valence-electron chi connectivity index (χ4n) is 2.83. The number of carbonyl (C=O) groups excluding carboxylic acids is 2. The van der Waals surface area contributed by atoms with E-state index in [-0.39, 0.29) is 23.6 Å². The third-order valence-electron chi connectivity index (χ3n) is 4.40. The molecule has 2 aromatic rings. The van der Waals surface area contributed by atoms with Gasteiger partial charge < -0.3 is 4.74 Å². The van der Waals surface area contributed by atoms with Crippen LogP contribution in [0.25, 0.3) is 0 Å². The second kappa shape index (κ2) is 7.33. The molecular formula is C19H18INO5S. The predicted octanol–water partition coefficient (Wildman–Crippen LogP) is 2.79. The molecule has 0 N–H and O–H groups in total. The summed E-state index contributed by atoms with van der Waals surface area (Å²) in [5, 5.41) is 0. The number of aryl methyl sites for hydroxylation is 1. The van der Waals surface area contributed by atoms with Crippen molar-refractivity contribution in [2.75, 3.05) is 13.2 Å². The van der Waals surface area contributed by atoms with Crippen LogP contribution in [0.1, 0.15) is 22.8 Å². The molecule has 142 valence electrons. The number of benzene rings is 2. The number of ether oxygens (including phenoxy) is 1. The van der Waals surface area contributed by atoms with Gasteiger partial charge in [-0.2, -0.15) is 4.31 Å². The van der Waals surface area contributed by atoms with Gasteiger partial charge in [-0.25, -0.2) is 13.2 Å². The summed E-state index contributed by atoms with van der Waals surface area (Å²) < 4.78 is 32.9. The third kappa shape index (κ3) is 3.53. The van der Waals surface area contributed by atoms with E-state index in [0.717, 1.165) is 13.4 Å². The van der Waals surface area contributed by atoms with Crippen molar-refractivity contribution in [2.24, 2.45) is 0 Å². The van der Waals surface area contributed by atoms with Crippen LogP contribution in [0.3, 0.4) is 0 Å². The van der Waals surface area contributed by atoms with Crippen LogP contribution in [-0.4, -0.2) is 43.2 Å². The predicted molar refractivity (Wildman–Crippen MR) is 108 cm³/mol. The molecule has 2 aromatic carbocycles. The quantitative estimate of drug-likeness (QED) is 0.201. The lowest BCUT2D eigenvalue weighted by Gasteiger charge is -2.16. The molecule has 2 atom stereocenters. The molecule has 2 unspecified atom stereocenters. The average Bonchev–Trinajstić information content (AvgIpc) is 3.40. The molecule has 1 aliphatic heterocycles. The number of nitrogens with zero attached hydrogens (tertiary/aromatic N) is 1. The molecule has 8 heteroatoms. The van der Waals surface area contributed by atoms with Crippen LogP contribution in [0.15, 0.2) is 53.4 Å².